The molecule has 0 aromatic heterocycles. The van der Waals surface area contributed by atoms with Gasteiger partial charge in [-0.15, -0.1) is 12.4 Å². The largest absolute Gasteiger partial charge is 0.351 e. The van der Waals surface area contributed by atoms with Crippen LogP contribution in [0.2, 0.25) is 0 Å². The second kappa shape index (κ2) is 7.18. The van der Waals surface area contributed by atoms with Crippen molar-refractivity contribution in [3.63, 3.8) is 0 Å². The van der Waals surface area contributed by atoms with E-state index in [1.54, 1.807) is 6.92 Å². The molecule has 0 spiro atoms. The molecule has 1 saturated heterocycles. The number of nitrogens with one attached hydrogen (secondary N) is 2. The standard InChI is InChI=1S/C10H20N2O3S.ClH/c1-3-16(14,15)7-10(13)12-9-6-11-5-4-8(9)2;/h8-9,11H,3-7H2,1-2H3,(H,12,13);1H. The van der Waals surface area contributed by atoms with Gasteiger partial charge in [0.15, 0.2) is 9.84 Å². The normalized spacial score (nSPS) is 24.8. The van der Waals surface area contributed by atoms with Gasteiger partial charge in [0, 0.05) is 18.3 Å². The topological polar surface area (TPSA) is 75.3 Å². The zero-order valence-corrected chi connectivity index (χ0v) is 11.9. The highest BCUT2D eigenvalue weighted by molar-refractivity contribution is 7.92. The van der Waals surface area contributed by atoms with E-state index in [2.05, 4.69) is 17.6 Å². The first-order valence-corrected chi connectivity index (χ1v) is 7.47. The predicted molar refractivity (Wildman–Crippen MR) is 70.2 cm³/mol. The van der Waals surface area contributed by atoms with Gasteiger partial charge in [-0.25, -0.2) is 8.42 Å². The summed E-state index contributed by atoms with van der Waals surface area (Å²) in [6.07, 6.45) is 1.01. The molecular formula is C10H21ClN2O3S. The molecule has 1 heterocycles. The second-order valence-electron chi connectivity index (χ2n) is 4.32. The van der Waals surface area contributed by atoms with Crippen molar-refractivity contribution in [3.8, 4) is 0 Å². The van der Waals surface area contributed by atoms with Gasteiger partial charge in [0.1, 0.15) is 5.75 Å². The van der Waals surface area contributed by atoms with Crippen molar-refractivity contribution in [2.24, 2.45) is 5.92 Å². The fourth-order valence-electron chi connectivity index (χ4n) is 1.73. The minimum absolute atomic E-state index is 0. The molecule has 7 heteroatoms. The highest BCUT2D eigenvalue weighted by Gasteiger charge is 2.24. The van der Waals surface area contributed by atoms with Crippen LogP contribution in [0, 0.1) is 5.92 Å². The van der Waals surface area contributed by atoms with Gasteiger partial charge >= 0.3 is 0 Å². The van der Waals surface area contributed by atoms with E-state index in [0.717, 1.165) is 19.5 Å². The number of piperidine rings is 1. The fourth-order valence-corrected chi connectivity index (χ4v) is 2.42. The third-order valence-electron chi connectivity index (χ3n) is 2.96. The van der Waals surface area contributed by atoms with Crippen LogP contribution in [0.3, 0.4) is 0 Å². The number of hydrogen-bond acceptors (Lipinski definition) is 4. The zero-order chi connectivity index (χ0) is 12.2. The molecule has 0 saturated carbocycles. The smallest absolute Gasteiger partial charge is 0.235 e. The third kappa shape index (κ3) is 5.70. The molecule has 2 N–H and O–H groups in total. The lowest BCUT2D eigenvalue weighted by atomic mass is 9.95. The van der Waals surface area contributed by atoms with Crippen molar-refractivity contribution >= 4 is 28.2 Å². The van der Waals surface area contributed by atoms with Gasteiger partial charge in [0.25, 0.3) is 0 Å². The lowest BCUT2D eigenvalue weighted by Crippen LogP contribution is -2.51. The van der Waals surface area contributed by atoms with Gasteiger partial charge in [-0.2, -0.15) is 0 Å². The van der Waals surface area contributed by atoms with Crippen molar-refractivity contribution < 1.29 is 13.2 Å². The van der Waals surface area contributed by atoms with Crippen molar-refractivity contribution in [2.75, 3.05) is 24.6 Å². The molecule has 1 amide bonds. The van der Waals surface area contributed by atoms with Gasteiger partial charge in [0.2, 0.25) is 5.91 Å². The summed E-state index contributed by atoms with van der Waals surface area (Å²) < 4.78 is 22.5. The van der Waals surface area contributed by atoms with Gasteiger partial charge in [0.05, 0.1) is 0 Å². The predicted octanol–water partition coefficient (Wildman–Crippen LogP) is -0.0429. The van der Waals surface area contributed by atoms with Crippen LogP contribution in [0.15, 0.2) is 0 Å². The molecule has 0 bridgehead atoms. The number of carbonyl (C=O) groups is 1. The molecule has 1 aliphatic rings. The summed E-state index contributed by atoms with van der Waals surface area (Å²) in [5.41, 5.74) is 0. The minimum Gasteiger partial charge on any atom is -0.351 e. The molecule has 1 aliphatic heterocycles. The fraction of sp³-hybridized carbons (Fsp3) is 0.900. The Bertz CT molecular complexity index is 345. The van der Waals surface area contributed by atoms with E-state index in [0.29, 0.717) is 5.92 Å². The quantitative estimate of drug-likeness (QED) is 0.759. The van der Waals surface area contributed by atoms with Gasteiger partial charge in [-0.1, -0.05) is 13.8 Å². The van der Waals surface area contributed by atoms with Crippen molar-refractivity contribution in [1.29, 1.82) is 0 Å². The molecule has 2 unspecified atom stereocenters. The van der Waals surface area contributed by atoms with Crippen LogP contribution in [0.25, 0.3) is 0 Å². The second-order valence-corrected chi connectivity index (χ2v) is 6.67. The molecule has 0 aromatic carbocycles. The maximum atomic E-state index is 11.5. The van der Waals surface area contributed by atoms with Crippen LogP contribution in [0.4, 0.5) is 0 Å². The number of amides is 1. The Morgan fingerprint density at radius 1 is 1.47 bits per heavy atom. The third-order valence-corrected chi connectivity index (χ3v) is 4.55. The highest BCUT2D eigenvalue weighted by atomic mass is 35.5. The average Bonchev–Trinajstić information content (AvgIpc) is 2.21. The molecule has 0 radical (unpaired) electrons. The molecule has 17 heavy (non-hydrogen) atoms. The molecule has 1 rings (SSSR count). The SMILES string of the molecule is CCS(=O)(=O)CC(=O)NC1CNCCC1C.Cl. The van der Waals surface area contributed by atoms with E-state index < -0.39 is 15.6 Å². The Morgan fingerprint density at radius 2 is 2.12 bits per heavy atom. The number of hydrogen-bond donors (Lipinski definition) is 2. The summed E-state index contributed by atoms with van der Waals surface area (Å²) in [5, 5.41) is 5.96. The molecule has 5 nitrogen and oxygen atoms in total. The molecule has 1 fully saturated rings. The van der Waals surface area contributed by atoms with E-state index in [4.69, 9.17) is 0 Å². The van der Waals surface area contributed by atoms with Crippen LogP contribution in [-0.4, -0.2) is 45.0 Å². The highest BCUT2D eigenvalue weighted by Crippen LogP contribution is 2.10. The number of sulfone groups is 1. The lowest BCUT2D eigenvalue weighted by molar-refractivity contribution is -0.119. The summed E-state index contributed by atoms with van der Waals surface area (Å²) in [5.74, 6) is -0.372. The molecule has 102 valence electrons. The van der Waals surface area contributed by atoms with Crippen LogP contribution in [0.1, 0.15) is 20.3 Å². The monoisotopic (exact) mass is 284 g/mol. The van der Waals surface area contributed by atoms with E-state index in [1.165, 1.54) is 0 Å². The van der Waals surface area contributed by atoms with Crippen molar-refractivity contribution in [2.45, 2.75) is 26.3 Å². The van der Waals surface area contributed by atoms with Crippen LogP contribution in [-0.2, 0) is 14.6 Å². The molecule has 0 aliphatic carbocycles. The Kier molecular flexibility index (Phi) is 7.04. The Balaban J connectivity index is 0.00000256. The van der Waals surface area contributed by atoms with Crippen molar-refractivity contribution in [3.05, 3.63) is 0 Å². The minimum atomic E-state index is -3.22. The summed E-state index contributed by atoms with van der Waals surface area (Å²) in [6.45, 7) is 5.30. The maximum absolute atomic E-state index is 11.5. The van der Waals surface area contributed by atoms with E-state index in [1.807, 2.05) is 0 Å². The maximum Gasteiger partial charge on any atom is 0.235 e. The summed E-state index contributed by atoms with van der Waals surface area (Å²) in [4.78, 5) is 11.5. The van der Waals surface area contributed by atoms with E-state index >= 15 is 0 Å². The number of rotatable bonds is 4. The van der Waals surface area contributed by atoms with Crippen LogP contribution in [0.5, 0.6) is 0 Å². The van der Waals surface area contributed by atoms with Crippen LogP contribution >= 0.6 is 12.4 Å². The van der Waals surface area contributed by atoms with E-state index in [-0.39, 0.29) is 30.1 Å². The van der Waals surface area contributed by atoms with Gasteiger partial charge in [-0.3, -0.25) is 4.79 Å². The first kappa shape index (κ1) is 16.7. The Morgan fingerprint density at radius 3 is 2.65 bits per heavy atom. The Hall–Kier alpha value is -0.330. The molecule has 0 aromatic rings. The first-order chi connectivity index (χ1) is 7.44. The lowest BCUT2D eigenvalue weighted by Gasteiger charge is -2.30. The van der Waals surface area contributed by atoms with E-state index in [9.17, 15) is 13.2 Å². The zero-order valence-electron chi connectivity index (χ0n) is 10.2. The van der Waals surface area contributed by atoms with Gasteiger partial charge in [-0.05, 0) is 18.9 Å². The number of halogens is 1. The van der Waals surface area contributed by atoms with Crippen molar-refractivity contribution in [1.82, 2.24) is 10.6 Å². The molecular weight excluding hydrogens is 264 g/mol. The number of carbonyl (C=O) groups excluding carboxylic acids is 1. The first-order valence-electron chi connectivity index (χ1n) is 5.65. The summed E-state index contributed by atoms with van der Waals surface area (Å²) in [6, 6.07) is 0.0494. The average molecular weight is 285 g/mol. The van der Waals surface area contributed by atoms with Gasteiger partial charge < -0.3 is 10.6 Å². The summed E-state index contributed by atoms with van der Waals surface area (Å²) >= 11 is 0. The molecule has 2 atom stereocenters. The summed E-state index contributed by atoms with van der Waals surface area (Å²) in [7, 11) is -3.22. The Labute approximate surface area is 109 Å². The van der Waals surface area contributed by atoms with Crippen LogP contribution < -0.4 is 10.6 Å².